The van der Waals surface area contributed by atoms with E-state index in [1.165, 1.54) is 0 Å². The van der Waals surface area contributed by atoms with Gasteiger partial charge in [-0.2, -0.15) is 0 Å². The average molecular weight is 172 g/mol. The molecule has 0 radical (unpaired) electrons. The minimum absolute atomic E-state index is 0. The van der Waals surface area contributed by atoms with Crippen LogP contribution in [0.1, 0.15) is 0 Å². The average Bonchev–Trinajstić information content (AvgIpc) is 1.60. The molecule has 0 aliphatic carbocycles. The van der Waals surface area contributed by atoms with Gasteiger partial charge in [0.2, 0.25) is 0 Å². The van der Waals surface area contributed by atoms with Crippen LogP contribution < -0.4 is 51.4 Å². The summed E-state index contributed by atoms with van der Waals surface area (Å²) >= 11 is 0. The molecular formula is H4B3KO6. The second-order valence-electron chi connectivity index (χ2n) is 1.53. The van der Waals surface area contributed by atoms with Gasteiger partial charge in [0.1, 0.15) is 0 Å². The monoisotopic (exact) mass is 172 g/mol. The fraction of sp³-hybridized carbons (Fsp3) is 0. The summed E-state index contributed by atoms with van der Waals surface area (Å²) in [4.78, 5) is 0. The van der Waals surface area contributed by atoms with Gasteiger partial charge in [0.15, 0.2) is 0 Å². The van der Waals surface area contributed by atoms with Gasteiger partial charge in [0, 0.05) is 0 Å². The van der Waals surface area contributed by atoms with E-state index in [2.05, 4.69) is 13.7 Å². The van der Waals surface area contributed by atoms with Crippen LogP contribution in [-0.2, 0) is 13.7 Å². The van der Waals surface area contributed by atoms with E-state index in [9.17, 15) is 0 Å². The standard InChI is InChI=1S/B3H4O6.K/c4-2-7-1-8-3(5,6)9-2;/h1,4-6H;/q-1;+1. The maximum Gasteiger partial charge on any atom is 1.00 e. The third kappa shape index (κ3) is 3.83. The van der Waals surface area contributed by atoms with Crippen LogP contribution in [0.4, 0.5) is 0 Å². The van der Waals surface area contributed by atoms with Crippen molar-refractivity contribution in [2.45, 2.75) is 0 Å². The van der Waals surface area contributed by atoms with Crippen molar-refractivity contribution < 1.29 is 80.2 Å². The molecule has 0 spiro atoms. The summed E-state index contributed by atoms with van der Waals surface area (Å²) in [6.07, 6.45) is 0. The van der Waals surface area contributed by atoms with Gasteiger partial charge in [-0.3, -0.25) is 0 Å². The first-order chi connectivity index (χ1) is 4.10. The summed E-state index contributed by atoms with van der Waals surface area (Å²) in [5, 5.41) is 25.4. The normalized spacial score (nSPS) is 22.9. The number of hydrogen-bond acceptors (Lipinski definition) is 6. The molecule has 0 saturated carbocycles. The molecule has 0 bridgehead atoms. The van der Waals surface area contributed by atoms with Crippen molar-refractivity contribution in [1.82, 2.24) is 0 Å². The van der Waals surface area contributed by atoms with Crippen LogP contribution in [0.25, 0.3) is 0 Å². The van der Waals surface area contributed by atoms with Crippen molar-refractivity contribution in [3.8, 4) is 0 Å². The molecule has 1 heterocycles. The van der Waals surface area contributed by atoms with Crippen molar-refractivity contribution in [2.24, 2.45) is 0 Å². The van der Waals surface area contributed by atoms with E-state index < -0.39 is 22.0 Å². The Kier molecular flexibility index (Phi) is 5.30. The smallest absolute Gasteiger partial charge is 0.567 e. The Bertz CT molecular complexity index is 105. The van der Waals surface area contributed by atoms with Crippen molar-refractivity contribution in [2.75, 3.05) is 0 Å². The van der Waals surface area contributed by atoms with Crippen LogP contribution in [0.5, 0.6) is 0 Å². The van der Waals surface area contributed by atoms with Crippen LogP contribution in [0.3, 0.4) is 0 Å². The van der Waals surface area contributed by atoms with E-state index in [1.54, 1.807) is 0 Å². The predicted molar refractivity (Wildman–Crippen MR) is 28.6 cm³/mol. The maximum absolute atomic E-state index is 8.48. The zero-order valence-electron chi connectivity index (χ0n) is 5.43. The van der Waals surface area contributed by atoms with Gasteiger partial charge in [-0.25, -0.2) is 0 Å². The number of hydrogen-bond donors (Lipinski definition) is 3. The zero-order valence-corrected chi connectivity index (χ0v) is 8.55. The van der Waals surface area contributed by atoms with Crippen LogP contribution in [0, 0.1) is 0 Å². The van der Waals surface area contributed by atoms with Crippen molar-refractivity contribution in [3.63, 3.8) is 0 Å². The van der Waals surface area contributed by atoms with Crippen LogP contribution in [-0.4, -0.2) is 37.0 Å². The molecule has 50 valence electrons. The van der Waals surface area contributed by atoms with Crippen molar-refractivity contribution in [1.29, 1.82) is 0 Å². The first-order valence-corrected chi connectivity index (χ1v) is 2.29. The third-order valence-electron chi connectivity index (χ3n) is 0.789. The summed E-state index contributed by atoms with van der Waals surface area (Å²) < 4.78 is 12.3. The van der Waals surface area contributed by atoms with Crippen LogP contribution in [0.15, 0.2) is 0 Å². The van der Waals surface area contributed by atoms with E-state index >= 15 is 0 Å². The quantitative estimate of drug-likeness (QED) is 0.314. The molecule has 1 fully saturated rings. The van der Waals surface area contributed by atoms with E-state index in [0.29, 0.717) is 0 Å². The maximum atomic E-state index is 8.48. The Morgan fingerprint density at radius 1 is 1.40 bits per heavy atom. The fourth-order valence-corrected chi connectivity index (χ4v) is 0.416. The summed E-state index contributed by atoms with van der Waals surface area (Å²) in [5.41, 5.74) is 0. The zero-order chi connectivity index (χ0) is 6.91. The minimum Gasteiger partial charge on any atom is -0.567 e. The first kappa shape index (κ1) is 11.6. The first-order valence-electron chi connectivity index (χ1n) is 2.29. The van der Waals surface area contributed by atoms with Crippen molar-refractivity contribution in [3.05, 3.63) is 0 Å². The topological polar surface area (TPSA) is 88.4 Å². The Morgan fingerprint density at radius 3 is 2.30 bits per heavy atom. The van der Waals surface area contributed by atoms with E-state index in [-0.39, 0.29) is 51.4 Å². The molecular weight excluding hydrogens is 168 g/mol. The van der Waals surface area contributed by atoms with Gasteiger partial charge in [-0.15, -0.1) is 0 Å². The molecule has 10 heavy (non-hydrogen) atoms. The molecule has 6 nitrogen and oxygen atoms in total. The van der Waals surface area contributed by atoms with Crippen LogP contribution in [0.2, 0.25) is 0 Å². The minimum atomic E-state index is -3.31. The number of rotatable bonds is 0. The van der Waals surface area contributed by atoms with Crippen LogP contribution >= 0.6 is 0 Å². The Hall–Kier alpha value is 1.59. The molecule has 0 unspecified atom stereocenters. The second-order valence-corrected chi connectivity index (χ2v) is 1.53. The molecule has 1 saturated heterocycles. The molecule has 0 amide bonds. The van der Waals surface area contributed by atoms with Gasteiger partial charge in [0.25, 0.3) is 0 Å². The molecule has 0 atom stereocenters. The molecule has 1 aliphatic heterocycles. The van der Waals surface area contributed by atoms with Gasteiger partial charge < -0.3 is 28.8 Å². The van der Waals surface area contributed by atoms with E-state index in [4.69, 9.17) is 15.1 Å². The summed E-state index contributed by atoms with van der Waals surface area (Å²) in [7, 11) is -2.01. The SMILES string of the molecule is OB1OBO[B-](O)(O)O1.[K+]. The van der Waals surface area contributed by atoms with E-state index in [0.717, 1.165) is 0 Å². The van der Waals surface area contributed by atoms with Crippen molar-refractivity contribution >= 4 is 22.0 Å². The van der Waals surface area contributed by atoms with E-state index in [1.807, 2.05) is 0 Å². The summed E-state index contributed by atoms with van der Waals surface area (Å²) in [5.74, 6) is 0. The predicted octanol–water partition coefficient (Wildman–Crippen LogP) is -6.28. The Labute approximate surface area is 101 Å². The van der Waals surface area contributed by atoms with Gasteiger partial charge in [0.05, 0.1) is 0 Å². The third-order valence-corrected chi connectivity index (χ3v) is 0.789. The molecule has 3 N–H and O–H groups in total. The van der Waals surface area contributed by atoms with Gasteiger partial charge in [-0.1, -0.05) is 0 Å². The molecule has 1 rings (SSSR count). The summed E-state index contributed by atoms with van der Waals surface area (Å²) in [6.45, 7) is -3.31. The second kappa shape index (κ2) is 4.58. The fourth-order valence-electron chi connectivity index (χ4n) is 0.416. The molecule has 0 aromatic carbocycles. The Morgan fingerprint density at radius 2 is 2.00 bits per heavy atom. The molecule has 0 aromatic rings. The summed E-state index contributed by atoms with van der Waals surface area (Å²) in [6, 6.07) is 0. The van der Waals surface area contributed by atoms with Gasteiger partial charge in [-0.05, 0) is 0 Å². The molecule has 1 aliphatic rings. The van der Waals surface area contributed by atoms with Gasteiger partial charge >= 0.3 is 73.3 Å². The molecule has 10 heteroatoms. The largest absolute Gasteiger partial charge is 1.00 e. The molecule has 0 aromatic heterocycles. The Balaban J connectivity index is 0.000000810.